The molecule has 1 aromatic heterocycles. The number of rotatable bonds is 2. The highest BCUT2D eigenvalue weighted by Crippen LogP contribution is 2.22. The van der Waals surface area contributed by atoms with E-state index in [0.29, 0.717) is 27.4 Å². The van der Waals surface area contributed by atoms with Crippen molar-refractivity contribution in [2.75, 3.05) is 0 Å². The van der Waals surface area contributed by atoms with Gasteiger partial charge in [0.15, 0.2) is 0 Å². The highest BCUT2D eigenvalue weighted by Gasteiger charge is 2.16. The SMILES string of the molecule is CC(Cl)c1nc2ccccc2c(=O)n1-c1ccc(Cl)cc1. The minimum atomic E-state index is -0.391. The first-order chi connectivity index (χ1) is 10.1. The molecule has 1 atom stereocenters. The van der Waals surface area contributed by atoms with Crippen molar-refractivity contribution in [3.63, 3.8) is 0 Å². The van der Waals surface area contributed by atoms with Crippen LogP contribution in [0.2, 0.25) is 5.02 Å². The van der Waals surface area contributed by atoms with Crippen LogP contribution in [0.4, 0.5) is 0 Å². The van der Waals surface area contributed by atoms with E-state index in [1.165, 1.54) is 4.57 Å². The summed E-state index contributed by atoms with van der Waals surface area (Å²) in [4.78, 5) is 17.3. The van der Waals surface area contributed by atoms with Gasteiger partial charge in [-0.3, -0.25) is 9.36 Å². The summed E-state index contributed by atoms with van der Waals surface area (Å²) in [6.45, 7) is 1.80. The molecule has 0 aliphatic heterocycles. The van der Waals surface area contributed by atoms with Crippen molar-refractivity contribution in [3.05, 3.63) is 69.7 Å². The number of hydrogen-bond acceptors (Lipinski definition) is 2. The van der Waals surface area contributed by atoms with Crippen LogP contribution in [0, 0.1) is 0 Å². The molecular weight excluding hydrogens is 307 g/mol. The zero-order valence-electron chi connectivity index (χ0n) is 11.3. The van der Waals surface area contributed by atoms with Crippen LogP contribution in [-0.2, 0) is 0 Å². The van der Waals surface area contributed by atoms with Crippen LogP contribution in [0.25, 0.3) is 16.6 Å². The molecule has 3 aromatic rings. The number of halogens is 2. The Hall–Kier alpha value is -1.84. The summed E-state index contributed by atoms with van der Waals surface area (Å²) in [7, 11) is 0. The average molecular weight is 319 g/mol. The van der Waals surface area contributed by atoms with E-state index >= 15 is 0 Å². The van der Waals surface area contributed by atoms with Gasteiger partial charge < -0.3 is 0 Å². The molecule has 1 heterocycles. The van der Waals surface area contributed by atoms with Gasteiger partial charge in [0.2, 0.25) is 0 Å². The molecule has 0 N–H and O–H groups in total. The van der Waals surface area contributed by atoms with Crippen molar-refractivity contribution in [2.45, 2.75) is 12.3 Å². The van der Waals surface area contributed by atoms with E-state index in [4.69, 9.17) is 23.2 Å². The van der Waals surface area contributed by atoms with Gasteiger partial charge in [-0.05, 0) is 43.3 Å². The van der Waals surface area contributed by atoms with E-state index in [-0.39, 0.29) is 5.56 Å². The average Bonchev–Trinajstić information content (AvgIpc) is 2.48. The Balaban J connectivity index is 2.39. The van der Waals surface area contributed by atoms with Crippen LogP contribution in [0.1, 0.15) is 18.1 Å². The van der Waals surface area contributed by atoms with Gasteiger partial charge in [-0.25, -0.2) is 4.98 Å². The van der Waals surface area contributed by atoms with Crippen molar-refractivity contribution >= 4 is 34.1 Å². The first kappa shape index (κ1) is 14.1. The molecule has 3 nitrogen and oxygen atoms in total. The number of fused-ring (bicyclic) bond motifs is 1. The summed E-state index contributed by atoms with van der Waals surface area (Å²) in [6.07, 6.45) is 0. The molecule has 106 valence electrons. The van der Waals surface area contributed by atoms with E-state index in [9.17, 15) is 4.79 Å². The minimum absolute atomic E-state index is 0.134. The molecule has 5 heteroatoms. The molecule has 0 saturated carbocycles. The second kappa shape index (κ2) is 5.51. The number of benzene rings is 2. The maximum Gasteiger partial charge on any atom is 0.266 e. The predicted molar refractivity (Wildman–Crippen MR) is 86.6 cm³/mol. The van der Waals surface area contributed by atoms with Gasteiger partial charge >= 0.3 is 0 Å². The molecular formula is C16H12Cl2N2O. The van der Waals surface area contributed by atoms with Gasteiger partial charge in [0.05, 0.1) is 22.0 Å². The van der Waals surface area contributed by atoms with Crippen LogP contribution in [0.15, 0.2) is 53.3 Å². The molecule has 0 aliphatic carbocycles. The lowest BCUT2D eigenvalue weighted by Crippen LogP contribution is -2.24. The standard InChI is InChI=1S/C16H12Cl2N2O/c1-10(17)15-19-14-5-3-2-4-13(14)16(21)20(15)12-8-6-11(18)7-9-12/h2-10H,1H3. The number of hydrogen-bond donors (Lipinski definition) is 0. The summed E-state index contributed by atoms with van der Waals surface area (Å²) in [5, 5.41) is 0.785. The maximum absolute atomic E-state index is 12.8. The zero-order chi connectivity index (χ0) is 15.0. The fourth-order valence-corrected chi connectivity index (χ4v) is 2.53. The first-order valence-corrected chi connectivity index (χ1v) is 7.31. The van der Waals surface area contributed by atoms with Crippen LogP contribution in [0.3, 0.4) is 0 Å². The molecule has 0 amide bonds. The third-order valence-corrected chi connectivity index (χ3v) is 3.69. The van der Waals surface area contributed by atoms with Gasteiger partial charge in [-0.2, -0.15) is 0 Å². The van der Waals surface area contributed by atoms with E-state index in [2.05, 4.69) is 4.98 Å². The molecule has 21 heavy (non-hydrogen) atoms. The van der Waals surface area contributed by atoms with E-state index in [1.807, 2.05) is 18.2 Å². The first-order valence-electron chi connectivity index (χ1n) is 6.49. The molecule has 0 fully saturated rings. The van der Waals surface area contributed by atoms with Crippen LogP contribution < -0.4 is 5.56 Å². The predicted octanol–water partition coefficient (Wildman–Crippen LogP) is 4.34. The monoisotopic (exact) mass is 318 g/mol. The summed E-state index contributed by atoms with van der Waals surface area (Å²) in [5.74, 6) is 0.516. The van der Waals surface area contributed by atoms with E-state index in [1.54, 1.807) is 37.3 Å². The summed E-state index contributed by atoms with van der Waals surface area (Å²) >= 11 is 12.1. The van der Waals surface area contributed by atoms with Gasteiger partial charge in [-0.1, -0.05) is 23.7 Å². The van der Waals surface area contributed by atoms with Crippen molar-refractivity contribution in [1.82, 2.24) is 9.55 Å². The third-order valence-electron chi connectivity index (χ3n) is 3.24. The van der Waals surface area contributed by atoms with Gasteiger partial charge in [0.1, 0.15) is 5.82 Å². The Kier molecular flexibility index (Phi) is 3.70. The zero-order valence-corrected chi connectivity index (χ0v) is 12.8. The summed E-state index contributed by atoms with van der Waals surface area (Å²) in [5.41, 5.74) is 1.21. The van der Waals surface area contributed by atoms with Crippen molar-refractivity contribution in [1.29, 1.82) is 0 Å². The molecule has 0 radical (unpaired) electrons. The van der Waals surface area contributed by atoms with Crippen LogP contribution in [-0.4, -0.2) is 9.55 Å². The Labute approximate surface area is 131 Å². The molecule has 1 unspecified atom stereocenters. The fraction of sp³-hybridized carbons (Fsp3) is 0.125. The number of nitrogens with zero attached hydrogens (tertiary/aromatic N) is 2. The Morgan fingerprint density at radius 1 is 1.10 bits per heavy atom. The van der Waals surface area contributed by atoms with Gasteiger partial charge in [-0.15, -0.1) is 11.6 Å². The normalized spacial score (nSPS) is 12.5. The molecule has 0 bridgehead atoms. The Morgan fingerprint density at radius 3 is 2.43 bits per heavy atom. The smallest absolute Gasteiger partial charge is 0.266 e. The molecule has 3 rings (SSSR count). The maximum atomic E-state index is 12.8. The number of alkyl halides is 1. The van der Waals surface area contributed by atoms with E-state index < -0.39 is 5.38 Å². The summed E-state index contributed by atoms with van der Waals surface area (Å²) < 4.78 is 1.54. The quantitative estimate of drug-likeness (QED) is 0.659. The lowest BCUT2D eigenvalue weighted by molar-refractivity contribution is 0.815. The second-order valence-electron chi connectivity index (χ2n) is 4.72. The molecule has 0 saturated heterocycles. The van der Waals surface area contributed by atoms with Crippen LogP contribution in [0.5, 0.6) is 0 Å². The lowest BCUT2D eigenvalue weighted by atomic mass is 10.2. The fourth-order valence-electron chi connectivity index (χ4n) is 2.26. The van der Waals surface area contributed by atoms with Crippen molar-refractivity contribution < 1.29 is 0 Å². The third kappa shape index (κ3) is 2.55. The minimum Gasteiger partial charge on any atom is -0.268 e. The topological polar surface area (TPSA) is 34.9 Å². The van der Waals surface area contributed by atoms with Crippen molar-refractivity contribution in [3.8, 4) is 5.69 Å². The highest BCUT2D eigenvalue weighted by molar-refractivity contribution is 6.30. The number of aromatic nitrogens is 2. The number of para-hydroxylation sites is 1. The largest absolute Gasteiger partial charge is 0.268 e. The lowest BCUT2D eigenvalue weighted by Gasteiger charge is -2.15. The highest BCUT2D eigenvalue weighted by atomic mass is 35.5. The van der Waals surface area contributed by atoms with Crippen LogP contribution >= 0.6 is 23.2 Å². The molecule has 0 aliphatic rings. The molecule has 0 spiro atoms. The van der Waals surface area contributed by atoms with E-state index in [0.717, 1.165) is 0 Å². The molecule has 2 aromatic carbocycles. The summed E-state index contributed by atoms with van der Waals surface area (Å²) in [6, 6.07) is 14.3. The van der Waals surface area contributed by atoms with Crippen molar-refractivity contribution in [2.24, 2.45) is 0 Å². The Morgan fingerprint density at radius 2 is 1.76 bits per heavy atom. The Bertz CT molecular complexity index is 854. The van der Waals surface area contributed by atoms with Gasteiger partial charge in [0.25, 0.3) is 5.56 Å². The second-order valence-corrected chi connectivity index (χ2v) is 5.81. The van der Waals surface area contributed by atoms with Gasteiger partial charge in [0, 0.05) is 5.02 Å².